The van der Waals surface area contributed by atoms with E-state index >= 15 is 0 Å². The molecule has 0 aromatic carbocycles. The van der Waals surface area contributed by atoms with E-state index in [4.69, 9.17) is 9.84 Å². The zero-order chi connectivity index (χ0) is 13.2. The van der Waals surface area contributed by atoms with Gasteiger partial charge in [0.25, 0.3) is 5.91 Å². The van der Waals surface area contributed by atoms with Crippen molar-refractivity contribution in [3.63, 3.8) is 0 Å². The van der Waals surface area contributed by atoms with Crippen LogP contribution in [-0.4, -0.2) is 47.8 Å². The standard InChI is InChI=1S/C12H18N2O3S/c1-17-12-10(4-2-5-14-12)11(16)13-6-9-18-8-3-7-15/h2,4-5,15H,3,6-9H2,1H3,(H,13,16). The van der Waals surface area contributed by atoms with E-state index in [0.717, 1.165) is 17.9 Å². The minimum absolute atomic E-state index is 0.178. The molecule has 0 saturated carbocycles. The maximum atomic E-state index is 11.8. The molecule has 0 aliphatic heterocycles. The van der Waals surface area contributed by atoms with Crippen molar-refractivity contribution in [2.45, 2.75) is 6.42 Å². The van der Waals surface area contributed by atoms with Gasteiger partial charge in [0.2, 0.25) is 5.88 Å². The third-order valence-corrected chi connectivity index (χ3v) is 3.26. The molecule has 1 heterocycles. The molecule has 100 valence electrons. The van der Waals surface area contributed by atoms with Gasteiger partial charge in [-0.25, -0.2) is 4.98 Å². The largest absolute Gasteiger partial charge is 0.480 e. The van der Waals surface area contributed by atoms with E-state index in [-0.39, 0.29) is 12.5 Å². The molecule has 0 radical (unpaired) electrons. The Hall–Kier alpha value is -1.27. The molecule has 0 atom stereocenters. The van der Waals surface area contributed by atoms with Gasteiger partial charge in [-0.2, -0.15) is 11.8 Å². The quantitative estimate of drug-likeness (QED) is 0.688. The summed E-state index contributed by atoms with van der Waals surface area (Å²) in [5.41, 5.74) is 0.445. The van der Waals surface area contributed by atoms with E-state index in [9.17, 15) is 4.79 Å². The van der Waals surface area contributed by atoms with Crippen LogP contribution in [0, 0.1) is 0 Å². The van der Waals surface area contributed by atoms with Crippen LogP contribution in [-0.2, 0) is 0 Å². The minimum Gasteiger partial charge on any atom is -0.480 e. The fraction of sp³-hybridized carbons (Fsp3) is 0.500. The molecule has 0 spiro atoms. The topological polar surface area (TPSA) is 71.5 Å². The number of ether oxygens (including phenoxy) is 1. The Morgan fingerprint density at radius 2 is 2.39 bits per heavy atom. The maximum absolute atomic E-state index is 11.8. The van der Waals surface area contributed by atoms with Crippen molar-refractivity contribution in [2.24, 2.45) is 0 Å². The van der Waals surface area contributed by atoms with Crippen LogP contribution < -0.4 is 10.1 Å². The van der Waals surface area contributed by atoms with Crippen LogP contribution in [0.1, 0.15) is 16.8 Å². The first-order valence-electron chi connectivity index (χ1n) is 5.75. The summed E-state index contributed by atoms with van der Waals surface area (Å²) >= 11 is 1.70. The average molecular weight is 270 g/mol. The Balaban J connectivity index is 2.32. The number of aromatic nitrogens is 1. The van der Waals surface area contributed by atoms with E-state index in [2.05, 4.69) is 10.3 Å². The highest BCUT2D eigenvalue weighted by atomic mass is 32.2. The smallest absolute Gasteiger partial charge is 0.256 e. The third-order valence-electron chi connectivity index (χ3n) is 2.19. The van der Waals surface area contributed by atoms with Gasteiger partial charge in [0, 0.05) is 25.1 Å². The maximum Gasteiger partial charge on any atom is 0.256 e. The molecule has 2 N–H and O–H groups in total. The number of methoxy groups -OCH3 is 1. The van der Waals surface area contributed by atoms with Gasteiger partial charge in [-0.05, 0) is 24.3 Å². The Labute approximate surface area is 111 Å². The highest BCUT2D eigenvalue weighted by Crippen LogP contribution is 2.12. The van der Waals surface area contributed by atoms with Crippen molar-refractivity contribution in [2.75, 3.05) is 31.8 Å². The van der Waals surface area contributed by atoms with E-state index in [0.29, 0.717) is 18.0 Å². The van der Waals surface area contributed by atoms with Crippen molar-refractivity contribution in [3.05, 3.63) is 23.9 Å². The molecule has 5 nitrogen and oxygen atoms in total. The van der Waals surface area contributed by atoms with Gasteiger partial charge in [-0.3, -0.25) is 4.79 Å². The monoisotopic (exact) mass is 270 g/mol. The molecule has 6 heteroatoms. The third kappa shape index (κ3) is 4.93. The predicted octanol–water partition coefficient (Wildman–Crippen LogP) is 0.936. The van der Waals surface area contributed by atoms with Gasteiger partial charge in [-0.1, -0.05) is 0 Å². The Morgan fingerprint density at radius 1 is 1.56 bits per heavy atom. The van der Waals surface area contributed by atoms with Crippen LogP contribution in [0.3, 0.4) is 0 Å². The van der Waals surface area contributed by atoms with Crippen LogP contribution >= 0.6 is 11.8 Å². The fourth-order valence-electron chi connectivity index (χ4n) is 1.33. The zero-order valence-corrected chi connectivity index (χ0v) is 11.2. The molecule has 0 saturated heterocycles. The zero-order valence-electron chi connectivity index (χ0n) is 10.4. The molecule has 1 aromatic heterocycles. The predicted molar refractivity (Wildman–Crippen MR) is 72.2 cm³/mol. The van der Waals surface area contributed by atoms with E-state index < -0.39 is 0 Å². The highest BCUT2D eigenvalue weighted by molar-refractivity contribution is 7.99. The number of pyridine rings is 1. The number of carbonyl (C=O) groups is 1. The highest BCUT2D eigenvalue weighted by Gasteiger charge is 2.11. The molecular weight excluding hydrogens is 252 g/mol. The summed E-state index contributed by atoms with van der Waals surface area (Å²) in [7, 11) is 1.49. The summed E-state index contributed by atoms with van der Waals surface area (Å²) in [6, 6.07) is 3.38. The number of rotatable bonds is 8. The number of thioether (sulfide) groups is 1. The molecule has 0 unspecified atom stereocenters. The van der Waals surface area contributed by atoms with Crippen LogP contribution in [0.15, 0.2) is 18.3 Å². The number of nitrogens with one attached hydrogen (secondary N) is 1. The summed E-state index contributed by atoms with van der Waals surface area (Å²) in [6.45, 7) is 0.805. The lowest BCUT2D eigenvalue weighted by atomic mass is 10.2. The first kappa shape index (κ1) is 14.8. The molecule has 18 heavy (non-hydrogen) atoms. The van der Waals surface area contributed by atoms with E-state index in [1.807, 2.05) is 0 Å². The van der Waals surface area contributed by atoms with Crippen molar-refractivity contribution in [1.82, 2.24) is 10.3 Å². The number of hydrogen-bond donors (Lipinski definition) is 2. The van der Waals surface area contributed by atoms with Crippen LogP contribution in [0.5, 0.6) is 5.88 Å². The molecule has 1 amide bonds. The van der Waals surface area contributed by atoms with Gasteiger partial charge < -0.3 is 15.2 Å². The summed E-state index contributed by atoms with van der Waals surface area (Å²) < 4.78 is 5.02. The minimum atomic E-state index is -0.178. The first-order chi connectivity index (χ1) is 8.79. The molecule has 1 rings (SSSR count). The van der Waals surface area contributed by atoms with Gasteiger partial charge in [0.15, 0.2) is 0 Å². The van der Waals surface area contributed by atoms with E-state index in [1.165, 1.54) is 7.11 Å². The number of nitrogens with zero attached hydrogens (tertiary/aromatic N) is 1. The second kappa shape index (κ2) is 8.77. The second-order valence-corrected chi connectivity index (χ2v) is 4.73. The number of hydrogen-bond acceptors (Lipinski definition) is 5. The van der Waals surface area contributed by atoms with Crippen LogP contribution in [0.25, 0.3) is 0 Å². The van der Waals surface area contributed by atoms with Crippen molar-refractivity contribution >= 4 is 17.7 Å². The average Bonchev–Trinajstić information content (AvgIpc) is 2.42. The van der Waals surface area contributed by atoms with Gasteiger partial charge >= 0.3 is 0 Å². The number of carbonyl (C=O) groups excluding carboxylic acids is 1. The van der Waals surface area contributed by atoms with Crippen molar-refractivity contribution in [1.29, 1.82) is 0 Å². The normalized spacial score (nSPS) is 10.1. The van der Waals surface area contributed by atoms with Gasteiger partial charge in [0.1, 0.15) is 5.56 Å². The lowest BCUT2D eigenvalue weighted by Crippen LogP contribution is -2.26. The lowest BCUT2D eigenvalue weighted by molar-refractivity contribution is 0.0952. The van der Waals surface area contributed by atoms with Crippen LogP contribution in [0.2, 0.25) is 0 Å². The number of amides is 1. The number of aliphatic hydroxyl groups excluding tert-OH is 1. The Morgan fingerprint density at radius 3 is 3.11 bits per heavy atom. The van der Waals surface area contributed by atoms with Gasteiger partial charge in [-0.15, -0.1) is 0 Å². The SMILES string of the molecule is COc1ncccc1C(=O)NCCSCCCO. The van der Waals surface area contributed by atoms with Crippen LogP contribution in [0.4, 0.5) is 0 Å². The van der Waals surface area contributed by atoms with Gasteiger partial charge in [0.05, 0.1) is 7.11 Å². The second-order valence-electron chi connectivity index (χ2n) is 3.51. The van der Waals surface area contributed by atoms with Crippen molar-refractivity contribution < 1.29 is 14.6 Å². The molecule has 0 fully saturated rings. The Bertz CT molecular complexity index is 374. The summed E-state index contributed by atoms with van der Waals surface area (Å²) in [6.07, 6.45) is 2.37. The molecule has 0 bridgehead atoms. The molecule has 0 aliphatic rings. The molecule has 0 aliphatic carbocycles. The lowest BCUT2D eigenvalue weighted by Gasteiger charge is -2.07. The summed E-state index contributed by atoms with van der Waals surface area (Å²) in [4.78, 5) is 15.8. The Kier molecular flexibility index (Phi) is 7.20. The molecule has 1 aromatic rings. The number of aliphatic hydroxyl groups is 1. The van der Waals surface area contributed by atoms with E-state index in [1.54, 1.807) is 30.1 Å². The summed E-state index contributed by atoms with van der Waals surface area (Å²) in [5, 5.41) is 11.4. The molecular formula is C12H18N2O3S. The first-order valence-corrected chi connectivity index (χ1v) is 6.91. The van der Waals surface area contributed by atoms with Crippen molar-refractivity contribution in [3.8, 4) is 5.88 Å². The fourth-order valence-corrected chi connectivity index (χ4v) is 2.11. The summed E-state index contributed by atoms with van der Waals surface area (Å²) in [5.74, 6) is 1.89.